The van der Waals surface area contributed by atoms with E-state index in [9.17, 15) is 19.1 Å². The van der Waals surface area contributed by atoms with Crippen LogP contribution in [0.4, 0.5) is 4.39 Å². The summed E-state index contributed by atoms with van der Waals surface area (Å²) < 4.78 is 18.3. The summed E-state index contributed by atoms with van der Waals surface area (Å²) in [6.45, 7) is 1.85. The van der Waals surface area contributed by atoms with Gasteiger partial charge in [-0.05, 0) is 31.5 Å². The van der Waals surface area contributed by atoms with Crippen molar-refractivity contribution in [3.63, 3.8) is 0 Å². The number of hydrogen-bond acceptors (Lipinski definition) is 4. The van der Waals surface area contributed by atoms with Gasteiger partial charge in [0.2, 0.25) is 0 Å². The van der Waals surface area contributed by atoms with Crippen LogP contribution < -0.4 is 10.1 Å². The number of hydrogen-bond donors (Lipinski definition) is 3. The molecular formula is C13H16FNO5. The lowest BCUT2D eigenvalue weighted by atomic mass is 10.1. The Labute approximate surface area is 115 Å². The Morgan fingerprint density at radius 1 is 1.45 bits per heavy atom. The molecule has 0 aliphatic rings. The Morgan fingerprint density at radius 2 is 2.10 bits per heavy atom. The number of carboxylic acid groups (broad SMARTS) is 1. The van der Waals surface area contributed by atoms with Gasteiger partial charge in [-0.1, -0.05) is 6.07 Å². The van der Waals surface area contributed by atoms with E-state index in [-0.39, 0.29) is 5.75 Å². The van der Waals surface area contributed by atoms with E-state index in [2.05, 4.69) is 5.32 Å². The van der Waals surface area contributed by atoms with Crippen LogP contribution in [-0.4, -0.2) is 40.8 Å². The standard InChI is InChI=1S/C13H16FNO5/c1-8-3-4-9(14)10(5-8)20-6-11(16)15-7-13(2,19)12(17)18/h3-5,19H,6-7H2,1-2H3,(H,15,16)(H,17,18). The average molecular weight is 285 g/mol. The van der Waals surface area contributed by atoms with Crippen molar-refractivity contribution in [1.29, 1.82) is 0 Å². The number of rotatable bonds is 6. The van der Waals surface area contributed by atoms with Gasteiger partial charge in [0.25, 0.3) is 5.91 Å². The Kier molecular flexibility index (Phi) is 5.04. The highest BCUT2D eigenvalue weighted by Crippen LogP contribution is 2.18. The van der Waals surface area contributed by atoms with Crippen LogP contribution in [0.5, 0.6) is 5.75 Å². The molecule has 1 amide bonds. The number of halogens is 1. The normalized spacial score (nSPS) is 13.4. The zero-order valence-corrected chi connectivity index (χ0v) is 11.1. The molecule has 0 saturated heterocycles. The zero-order valence-electron chi connectivity index (χ0n) is 11.1. The third kappa shape index (κ3) is 4.51. The molecule has 0 aliphatic heterocycles. The molecule has 0 aromatic heterocycles. The molecule has 0 bridgehead atoms. The summed E-state index contributed by atoms with van der Waals surface area (Å²) in [7, 11) is 0. The molecule has 0 saturated carbocycles. The molecule has 1 unspecified atom stereocenters. The Bertz CT molecular complexity index is 515. The summed E-state index contributed by atoms with van der Waals surface area (Å²) in [6, 6.07) is 4.22. The molecule has 110 valence electrons. The Balaban J connectivity index is 2.48. The molecule has 20 heavy (non-hydrogen) atoms. The molecule has 0 fully saturated rings. The van der Waals surface area contributed by atoms with Gasteiger partial charge >= 0.3 is 5.97 Å². The van der Waals surface area contributed by atoms with Gasteiger partial charge in [-0.2, -0.15) is 0 Å². The number of nitrogens with one attached hydrogen (secondary N) is 1. The van der Waals surface area contributed by atoms with Gasteiger partial charge in [0.15, 0.2) is 23.8 Å². The molecule has 0 aliphatic carbocycles. The quantitative estimate of drug-likeness (QED) is 0.706. The number of carbonyl (C=O) groups excluding carboxylic acids is 1. The minimum Gasteiger partial charge on any atom is -0.481 e. The van der Waals surface area contributed by atoms with E-state index in [1.807, 2.05) is 0 Å². The maximum atomic E-state index is 13.3. The molecule has 1 atom stereocenters. The van der Waals surface area contributed by atoms with Gasteiger partial charge in [-0.25, -0.2) is 9.18 Å². The molecule has 7 heteroatoms. The number of amides is 1. The van der Waals surface area contributed by atoms with E-state index >= 15 is 0 Å². The number of aryl methyl sites for hydroxylation is 1. The number of ether oxygens (including phenoxy) is 1. The highest BCUT2D eigenvalue weighted by atomic mass is 19.1. The molecule has 0 heterocycles. The van der Waals surface area contributed by atoms with Crippen molar-refractivity contribution in [2.75, 3.05) is 13.2 Å². The van der Waals surface area contributed by atoms with Crippen LogP contribution in [-0.2, 0) is 9.59 Å². The molecule has 1 aromatic carbocycles. The van der Waals surface area contributed by atoms with Crippen LogP contribution in [0.25, 0.3) is 0 Å². The fraction of sp³-hybridized carbons (Fsp3) is 0.385. The lowest BCUT2D eigenvalue weighted by Crippen LogP contribution is -2.47. The van der Waals surface area contributed by atoms with E-state index in [0.717, 1.165) is 12.5 Å². The van der Waals surface area contributed by atoms with Crippen LogP contribution in [0.15, 0.2) is 18.2 Å². The van der Waals surface area contributed by atoms with Crippen molar-refractivity contribution in [3.05, 3.63) is 29.6 Å². The van der Waals surface area contributed by atoms with Crippen molar-refractivity contribution >= 4 is 11.9 Å². The predicted molar refractivity (Wildman–Crippen MR) is 67.9 cm³/mol. The van der Waals surface area contributed by atoms with Gasteiger partial charge in [-0.15, -0.1) is 0 Å². The average Bonchev–Trinajstić information content (AvgIpc) is 2.37. The van der Waals surface area contributed by atoms with Gasteiger partial charge < -0.3 is 20.3 Å². The fourth-order valence-corrected chi connectivity index (χ4v) is 1.26. The topological polar surface area (TPSA) is 95.9 Å². The first-order valence-electron chi connectivity index (χ1n) is 5.84. The molecule has 6 nitrogen and oxygen atoms in total. The monoisotopic (exact) mass is 285 g/mol. The van der Waals surface area contributed by atoms with Crippen LogP contribution in [0, 0.1) is 12.7 Å². The second kappa shape index (κ2) is 6.33. The summed E-state index contributed by atoms with van der Waals surface area (Å²) >= 11 is 0. The summed E-state index contributed by atoms with van der Waals surface area (Å²) in [5.74, 6) is -2.78. The van der Waals surface area contributed by atoms with Crippen molar-refractivity contribution in [1.82, 2.24) is 5.32 Å². The van der Waals surface area contributed by atoms with Crippen LogP contribution in [0.2, 0.25) is 0 Å². The Hall–Kier alpha value is -2.15. The van der Waals surface area contributed by atoms with E-state index < -0.39 is 36.4 Å². The van der Waals surface area contributed by atoms with Gasteiger partial charge in [0.1, 0.15) is 0 Å². The number of carbonyl (C=O) groups is 2. The van der Waals surface area contributed by atoms with E-state index in [4.69, 9.17) is 9.84 Å². The summed E-state index contributed by atoms with van der Waals surface area (Å²) in [4.78, 5) is 22.0. The summed E-state index contributed by atoms with van der Waals surface area (Å²) in [6.07, 6.45) is 0. The molecule has 0 spiro atoms. The second-order valence-electron chi connectivity index (χ2n) is 4.58. The lowest BCUT2D eigenvalue weighted by molar-refractivity contribution is -0.156. The minimum atomic E-state index is -2.07. The van der Waals surface area contributed by atoms with Crippen LogP contribution in [0.1, 0.15) is 12.5 Å². The van der Waals surface area contributed by atoms with E-state index in [0.29, 0.717) is 0 Å². The fourth-order valence-electron chi connectivity index (χ4n) is 1.26. The van der Waals surface area contributed by atoms with E-state index in [1.165, 1.54) is 12.1 Å². The second-order valence-corrected chi connectivity index (χ2v) is 4.58. The SMILES string of the molecule is Cc1ccc(F)c(OCC(=O)NCC(C)(O)C(=O)O)c1. The third-order valence-electron chi connectivity index (χ3n) is 2.54. The summed E-state index contributed by atoms with van der Waals surface area (Å²) in [5.41, 5.74) is -1.29. The molecule has 1 rings (SSSR count). The number of aliphatic hydroxyl groups is 1. The van der Waals surface area contributed by atoms with Crippen molar-refractivity contribution in [3.8, 4) is 5.75 Å². The first-order valence-corrected chi connectivity index (χ1v) is 5.84. The largest absolute Gasteiger partial charge is 0.481 e. The van der Waals surface area contributed by atoms with Crippen molar-refractivity contribution < 1.29 is 28.9 Å². The van der Waals surface area contributed by atoms with Crippen molar-refractivity contribution in [2.24, 2.45) is 0 Å². The molecule has 3 N–H and O–H groups in total. The zero-order chi connectivity index (χ0) is 15.3. The van der Waals surface area contributed by atoms with Crippen LogP contribution >= 0.6 is 0 Å². The number of carboxylic acids is 1. The van der Waals surface area contributed by atoms with Crippen molar-refractivity contribution in [2.45, 2.75) is 19.4 Å². The first-order chi connectivity index (χ1) is 9.22. The highest BCUT2D eigenvalue weighted by Gasteiger charge is 2.30. The third-order valence-corrected chi connectivity index (χ3v) is 2.54. The van der Waals surface area contributed by atoms with Gasteiger partial charge in [-0.3, -0.25) is 4.79 Å². The molecule has 0 radical (unpaired) electrons. The maximum Gasteiger partial charge on any atom is 0.337 e. The number of benzene rings is 1. The summed E-state index contributed by atoms with van der Waals surface area (Å²) in [5, 5.41) is 20.2. The van der Waals surface area contributed by atoms with Gasteiger partial charge in [0, 0.05) is 0 Å². The predicted octanol–water partition coefficient (Wildman–Crippen LogP) is 0.465. The minimum absolute atomic E-state index is 0.0647. The number of aliphatic carboxylic acids is 1. The van der Waals surface area contributed by atoms with Gasteiger partial charge in [0.05, 0.1) is 6.54 Å². The maximum absolute atomic E-state index is 13.3. The Morgan fingerprint density at radius 3 is 2.70 bits per heavy atom. The van der Waals surface area contributed by atoms with Crippen LogP contribution in [0.3, 0.4) is 0 Å². The first kappa shape index (κ1) is 15.9. The molecular weight excluding hydrogens is 269 g/mol. The van der Waals surface area contributed by atoms with E-state index in [1.54, 1.807) is 13.0 Å². The smallest absolute Gasteiger partial charge is 0.337 e. The molecule has 1 aromatic rings. The lowest BCUT2D eigenvalue weighted by Gasteiger charge is -2.18. The highest BCUT2D eigenvalue weighted by molar-refractivity contribution is 5.80.